The van der Waals surface area contributed by atoms with Crippen molar-refractivity contribution in [2.24, 2.45) is 7.05 Å². The minimum atomic E-state index is 0.463. The van der Waals surface area contributed by atoms with E-state index < -0.39 is 0 Å². The van der Waals surface area contributed by atoms with Gasteiger partial charge in [-0.2, -0.15) is 10.2 Å². The molecule has 0 unspecified atom stereocenters. The molecule has 2 aliphatic rings. The Labute approximate surface area is 134 Å². The normalized spacial score (nSPS) is 23.6. The van der Waals surface area contributed by atoms with Crippen molar-refractivity contribution in [3.63, 3.8) is 0 Å². The van der Waals surface area contributed by atoms with Crippen LogP contribution in [0, 0.1) is 6.92 Å². The third-order valence-corrected chi connectivity index (χ3v) is 5.29. The van der Waals surface area contributed by atoms with Crippen LogP contribution in [0.15, 0.2) is 24.7 Å². The Morgan fingerprint density at radius 1 is 1.26 bits per heavy atom. The van der Waals surface area contributed by atoms with E-state index in [9.17, 15) is 0 Å². The monoisotopic (exact) mass is 308 g/mol. The van der Waals surface area contributed by atoms with Gasteiger partial charge in [0, 0.05) is 61.7 Å². The highest BCUT2D eigenvalue weighted by Gasteiger charge is 2.41. The molecule has 2 atom stereocenters. The van der Waals surface area contributed by atoms with E-state index in [1.165, 1.54) is 29.7 Å². The third kappa shape index (κ3) is 1.94. The van der Waals surface area contributed by atoms with E-state index >= 15 is 0 Å². The molecule has 0 aliphatic carbocycles. The minimum absolute atomic E-state index is 0.463. The second-order valence-corrected chi connectivity index (χ2v) is 6.86. The Morgan fingerprint density at radius 3 is 3.00 bits per heavy atom. The summed E-state index contributed by atoms with van der Waals surface area (Å²) < 4.78 is 3.95. The van der Waals surface area contributed by atoms with Crippen molar-refractivity contribution in [2.75, 3.05) is 0 Å². The topological polar surface area (TPSA) is 51.2 Å². The van der Waals surface area contributed by atoms with Gasteiger partial charge in [0.2, 0.25) is 0 Å². The summed E-state index contributed by atoms with van der Waals surface area (Å²) in [7, 11) is 1.98. The highest BCUT2D eigenvalue weighted by molar-refractivity contribution is 5.44. The smallest absolute Gasteiger partial charge is 0.155 e. The SMILES string of the molecule is Cc1cc2ncc3c(n2n1)C[C@@H]1CC[C@@H]3N1Cc1cnn(C)c1. The van der Waals surface area contributed by atoms with E-state index in [0.717, 1.165) is 24.3 Å². The lowest BCUT2D eigenvalue weighted by Crippen LogP contribution is -2.38. The molecule has 5 rings (SSSR count). The fourth-order valence-electron chi connectivity index (χ4n) is 4.31. The molecule has 6 heteroatoms. The summed E-state index contributed by atoms with van der Waals surface area (Å²) in [5, 5.41) is 8.96. The molecule has 0 N–H and O–H groups in total. The van der Waals surface area contributed by atoms with Gasteiger partial charge in [0.25, 0.3) is 0 Å². The first-order chi connectivity index (χ1) is 11.2. The fraction of sp³-hybridized carbons (Fsp3) is 0.471. The second kappa shape index (κ2) is 4.64. The molecule has 3 aromatic heterocycles. The van der Waals surface area contributed by atoms with E-state index in [4.69, 9.17) is 0 Å². The van der Waals surface area contributed by atoms with Crippen LogP contribution in [-0.2, 0) is 20.0 Å². The Kier molecular flexibility index (Phi) is 2.68. The average molecular weight is 308 g/mol. The maximum Gasteiger partial charge on any atom is 0.155 e. The lowest BCUT2D eigenvalue weighted by atomic mass is 9.98. The van der Waals surface area contributed by atoms with Crippen LogP contribution in [0.4, 0.5) is 0 Å². The molecule has 0 amide bonds. The number of fused-ring (bicyclic) bond motifs is 6. The molecule has 2 bridgehead atoms. The zero-order chi connectivity index (χ0) is 15.6. The quantitative estimate of drug-likeness (QED) is 0.727. The summed E-state index contributed by atoms with van der Waals surface area (Å²) in [5.41, 5.74) is 6.02. The van der Waals surface area contributed by atoms with Gasteiger partial charge in [-0.25, -0.2) is 9.50 Å². The van der Waals surface area contributed by atoms with Crippen molar-refractivity contribution in [1.29, 1.82) is 0 Å². The van der Waals surface area contributed by atoms with Gasteiger partial charge in [-0.1, -0.05) is 0 Å². The zero-order valence-electron chi connectivity index (χ0n) is 13.5. The van der Waals surface area contributed by atoms with Gasteiger partial charge in [-0.05, 0) is 19.8 Å². The van der Waals surface area contributed by atoms with Gasteiger partial charge in [0.1, 0.15) is 0 Å². The number of nitrogens with zero attached hydrogens (tertiary/aromatic N) is 6. The first-order valence-electron chi connectivity index (χ1n) is 8.26. The molecule has 6 nitrogen and oxygen atoms in total. The maximum atomic E-state index is 4.66. The van der Waals surface area contributed by atoms with Crippen LogP contribution in [0.5, 0.6) is 0 Å². The molecule has 2 aliphatic heterocycles. The van der Waals surface area contributed by atoms with Crippen LogP contribution in [-0.4, -0.2) is 35.3 Å². The first-order valence-corrected chi connectivity index (χ1v) is 8.26. The number of hydrogen-bond acceptors (Lipinski definition) is 4. The largest absolute Gasteiger partial charge is 0.289 e. The standard InChI is InChI=1S/C17H20N6/c1-11-5-17-18-8-14-15-4-3-13(6-16(14)23(17)20-11)22(15)10-12-7-19-21(2)9-12/h5,7-9,13,15H,3-4,6,10H2,1-2H3/t13-,15-/m0/s1. The van der Waals surface area contributed by atoms with Gasteiger partial charge in [-0.15, -0.1) is 0 Å². The Hall–Kier alpha value is -2.21. The van der Waals surface area contributed by atoms with Gasteiger partial charge in [0.15, 0.2) is 5.65 Å². The van der Waals surface area contributed by atoms with Crippen LogP contribution < -0.4 is 0 Å². The Balaban J connectivity index is 1.56. The predicted molar refractivity (Wildman–Crippen MR) is 85.9 cm³/mol. The van der Waals surface area contributed by atoms with Crippen LogP contribution in [0.2, 0.25) is 0 Å². The molecule has 1 fully saturated rings. The molecule has 118 valence electrons. The maximum absolute atomic E-state index is 4.66. The Morgan fingerprint density at radius 2 is 2.17 bits per heavy atom. The van der Waals surface area contributed by atoms with E-state index in [1.54, 1.807) is 0 Å². The molecule has 23 heavy (non-hydrogen) atoms. The predicted octanol–water partition coefficient (Wildman–Crippen LogP) is 2.03. The van der Waals surface area contributed by atoms with Crippen LogP contribution >= 0.6 is 0 Å². The summed E-state index contributed by atoms with van der Waals surface area (Å²) in [5.74, 6) is 0. The number of hydrogen-bond donors (Lipinski definition) is 0. The summed E-state index contributed by atoms with van der Waals surface area (Å²) in [6.45, 7) is 3.01. The second-order valence-electron chi connectivity index (χ2n) is 6.86. The molecular weight excluding hydrogens is 288 g/mol. The van der Waals surface area contributed by atoms with E-state index in [2.05, 4.69) is 43.1 Å². The van der Waals surface area contributed by atoms with Crippen molar-refractivity contribution in [2.45, 2.75) is 44.8 Å². The summed E-state index contributed by atoms with van der Waals surface area (Å²) in [6, 6.07) is 3.12. The summed E-state index contributed by atoms with van der Waals surface area (Å²) >= 11 is 0. The molecule has 0 aromatic carbocycles. The highest BCUT2D eigenvalue weighted by Crippen LogP contribution is 2.44. The van der Waals surface area contributed by atoms with Crippen molar-refractivity contribution in [3.8, 4) is 0 Å². The van der Waals surface area contributed by atoms with E-state index in [0.29, 0.717) is 12.1 Å². The molecular formula is C17H20N6. The van der Waals surface area contributed by atoms with Gasteiger partial charge in [0.05, 0.1) is 17.6 Å². The number of rotatable bonds is 2. The van der Waals surface area contributed by atoms with Crippen LogP contribution in [0.25, 0.3) is 5.65 Å². The van der Waals surface area contributed by atoms with Crippen LogP contribution in [0.3, 0.4) is 0 Å². The third-order valence-electron chi connectivity index (χ3n) is 5.29. The van der Waals surface area contributed by atoms with Gasteiger partial charge in [-0.3, -0.25) is 9.58 Å². The fourth-order valence-corrected chi connectivity index (χ4v) is 4.31. The van der Waals surface area contributed by atoms with Crippen molar-refractivity contribution >= 4 is 5.65 Å². The summed E-state index contributed by atoms with van der Waals surface area (Å²) in [4.78, 5) is 7.26. The van der Waals surface area contributed by atoms with E-state index in [-0.39, 0.29) is 0 Å². The zero-order valence-corrected chi connectivity index (χ0v) is 13.5. The van der Waals surface area contributed by atoms with Gasteiger partial charge >= 0.3 is 0 Å². The molecule has 3 aromatic rings. The Bertz CT molecular complexity index is 892. The van der Waals surface area contributed by atoms with Crippen LogP contribution in [0.1, 0.15) is 41.4 Å². The van der Waals surface area contributed by atoms with E-state index in [1.807, 2.05) is 24.9 Å². The molecule has 5 heterocycles. The van der Waals surface area contributed by atoms with Gasteiger partial charge < -0.3 is 0 Å². The van der Waals surface area contributed by atoms with Crippen molar-refractivity contribution in [1.82, 2.24) is 29.3 Å². The van der Waals surface area contributed by atoms with Crippen molar-refractivity contribution < 1.29 is 0 Å². The highest BCUT2D eigenvalue weighted by atomic mass is 15.3. The molecule has 0 radical (unpaired) electrons. The average Bonchev–Trinajstić information content (AvgIpc) is 3.17. The molecule has 0 spiro atoms. The summed E-state index contributed by atoms with van der Waals surface area (Å²) in [6.07, 6.45) is 9.70. The number of aryl methyl sites for hydroxylation is 2. The lowest BCUT2D eigenvalue weighted by Gasteiger charge is -2.35. The first kappa shape index (κ1) is 13.2. The lowest BCUT2D eigenvalue weighted by molar-refractivity contribution is 0.165. The molecule has 0 saturated carbocycles. The van der Waals surface area contributed by atoms with Crippen molar-refractivity contribution in [3.05, 3.63) is 47.2 Å². The molecule has 1 saturated heterocycles. The number of aromatic nitrogens is 5. The minimum Gasteiger partial charge on any atom is -0.289 e.